The Morgan fingerprint density at radius 3 is 2.79 bits per heavy atom. The third-order valence-electron chi connectivity index (χ3n) is 5.68. The average Bonchev–Trinajstić information content (AvgIpc) is 3.11. The van der Waals surface area contributed by atoms with Crippen LogP contribution in [0, 0.1) is 6.92 Å². The highest BCUT2D eigenvalue weighted by molar-refractivity contribution is 6.00. The number of amides is 1. The summed E-state index contributed by atoms with van der Waals surface area (Å²) >= 11 is 0. The number of hydrogen-bond acceptors (Lipinski definition) is 5. The predicted molar refractivity (Wildman–Crippen MR) is 115 cm³/mol. The van der Waals surface area contributed by atoms with Crippen LogP contribution in [0.25, 0.3) is 0 Å². The molecule has 0 radical (unpaired) electrons. The third-order valence-corrected chi connectivity index (χ3v) is 5.68. The van der Waals surface area contributed by atoms with Crippen molar-refractivity contribution in [3.05, 3.63) is 47.3 Å². The molecule has 2 aromatic rings. The molecule has 1 aliphatic rings. The molecule has 3 rings (SSSR count). The monoisotopic (exact) mass is 399 g/mol. The Balaban J connectivity index is 1.76. The van der Waals surface area contributed by atoms with E-state index in [0.29, 0.717) is 24.8 Å². The summed E-state index contributed by atoms with van der Waals surface area (Å²) in [6.07, 6.45) is 3.76. The summed E-state index contributed by atoms with van der Waals surface area (Å²) in [6, 6.07) is 6.38. The Bertz CT molecular complexity index is 847. The summed E-state index contributed by atoms with van der Waals surface area (Å²) < 4.78 is 7.85. The zero-order chi connectivity index (χ0) is 21.1. The second kappa shape index (κ2) is 8.97. The van der Waals surface area contributed by atoms with Crippen LogP contribution in [0.2, 0.25) is 0 Å². The second-order valence-electron chi connectivity index (χ2n) is 8.22. The molecule has 1 aromatic carbocycles. The predicted octanol–water partition coefficient (Wildman–Crippen LogP) is 2.37. The highest BCUT2D eigenvalue weighted by Crippen LogP contribution is 2.28. The van der Waals surface area contributed by atoms with Gasteiger partial charge in [-0.15, -0.1) is 0 Å². The number of likely N-dealkylation sites (N-methyl/N-ethyl adjacent to an activating group) is 1. The van der Waals surface area contributed by atoms with Gasteiger partial charge in [0.15, 0.2) is 0 Å². The molecule has 1 saturated heterocycles. The van der Waals surface area contributed by atoms with Crippen molar-refractivity contribution >= 4 is 11.6 Å². The van der Waals surface area contributed by atoms with Gasteiger partial charge >= 0.3 is 0 Å². The first-order chi connectivity index (χ1) is 13.8. The Hall–Kier alpha value is -2.38. The summed E-state index contributed by atoms with van der Waals surface area (Å²) in [7, 11) is 6.02. The van der Waals surface area contributed by atoms with Crippen molar-refractivity contribution in [1.29, 1.82) is 0 Å². The van der Waals surface area contributed by atoms with Gasteiger partial charge in [-0.25, -0.2) is 0 Å². The van der Waals surface area contributed by atoms with Crippen molar-refractivity contribution in [1.82, 2.24) is 20.0 Å². The van der Waals surface area contributed by atoms with Gasteiger partial charge in [-0.05, 0) is 40.0 Å². The van der Waals surface area contributed by atoms with Crippen LogP contribution in [0.4, 0.5) is 5.69 Å². The number of nitrogens with one attached hydrogen (secondary N) is 1. The van der Waals surface area contributed by atoms with Crippen LogP contribution in [-0.2, 0) is 11.8 Å². The number of benzene rings is 1. The van der Waals surface area contributed by atoms with E-state index in [1.54, 1.807) is 4.68 Å². The standard InChI is InChI=1S/C22H33N5O2/c1-15(2)27(6)19-8-7-16(3)11-18(19)22(28)23-13-20-21(25(4)9-10-29-20)17-12-24-26(5)14-17/h7-8,11-12,14-15,20-21H,9-10,13H2,1-6H3,(H,23,28)/t20-,21-/m1/s1. The Morgan fingerprint density at radius 2 is 2.14 bits per heavy atom. The van der Waals surface area contributed by atoms with Crippen LogP contribution in [0.1, 0.15) is 41.4 Å². The lowest BCUT2D eigenvalue weighted by molar-refractivity contribution is -0.0605. The van der Waals surface area contributed by atoms with Gasteiger partial charge in [-0.2, -0.15) is 5.10 Å². The van der Waals surface area contributed by atoms with Crippen LogP contribution >= 0.6 is 0 Å². The van der Waals surface area contributed by atoms with E-state index in [1.807, 2.05) is 51.6 Å². The maximum Gasteiger partial charge on any atom is 0.253 e. The number of carbonyl (C=O) groups excluding carboxylic acids is 1. The SMILES string of the molecule is Cc1ccc(N(C)C(C)C)c(C(=O)NC[C@H]2OCCN(C)[C@@H]2c2cnn(C)c2)c1. The summed E-state index contributed by atoms with van der Waals surface area (Å²) in [4.78, 5) is 17.5. The fourth-order valence-electron chi connectivity index (χ4n) is 3.80. The molecule has 1 aromatic heterocycles. The molecule has 1 amide bonds. The van der Waals surface area contributed by atoms with Crippen molar-refractivity contribution in [3.8, 4) is 0 Å². The van der Waals surface area contributed by atoms with E-state index < -0.39 is 0 Å². The lowest BCUT2D eigenvalue weighted by Crippen LogP contribution is -2.48. The molecule has 0 saturated carbocycles. The van der Waals surface area contributed by atoms with Crippen LogP contribution in [0.15, 0.2) is 30.6 Å². The number of nitrogens with zero attached hydrogens (tertiary/aromatic N) is 4. The van der Waals surface area contributed by atoms with Gasteiger partial charge in [0.25, 0.3) is 5.91 Å². The number of hydrogen-bond donors (Lipinski definition) is 1. The minimum Gasteiger partial charge on any atom is -0.373 e. The quantitative estimate of drug-likeness (QED) is 0.808. The van der Waals surface area contributed by atoms with Gasteiger partial charge in [0.05, 0.1) is 30.5 Å². The highest BCUT2D eigenvalue weighted by atomic mass is 16.5. The molecule has 29 heavy (non-hydrogen) atoms. The Morgan fingerprint density at radius 1 is 1.38 bits per heavy atom. The first-order valence-electron chi connectivity index (χ1n) is 10.2. The highest BCUT2D eigenvalue weighted by Gasteiger charge is 2.33. The maximum atomic E-state index is 13.1. The largest absolute Gasteiger partial charge is 0.373 e. The van der Waals surface area contributed by atoms with E-state index in [2.05, 4.69) is 41.1 Å². The average molecular weight is 400 g/mol. The van der Waals surface area contributed by atoms with E-state index in [0.717, 1.165) is 23.4 Å². The third kappa shape index (κ3) is 4.79. The zero-order valence-corrected chi connectivity index (χ0v) is 18.3. The number of carbonyl (C=O) groups is 1. The lowest BCUT2D eigenvalue weighted by atomic mass is 10.0. The van der Waals surface area contributed by atoms with Gasteiger partial charge < -0.3 is 15.0 Å². The topological polar surface area (TPSA) is 62.6 Å². The molecule has 0 unspecified atom stereocenters. The number of ether oxygens (including phenoxy) is 1. The first-order valence-corrected chi connectivity index (χ1v) is 10.2. The van der Waals surface area contributed by atoms with Crippen molar-refractivity contribution in [2.75, 3.05) is 38.7 Å². The van der Waals surface area contributed by atoms with Gasteiger partial charge in [0.2, 0.25) is 0 Å². The Kier molecular flexibility index (Phi) is 6.59. The fraction of sp³-hybridized carbons (Fsp3) is 0.545. The summed E-state index contributed by atoms with van der Waals surface area (Å²) in [5.41, 5.74) is 3.81. The van der Waals surface area contributed by atoms with Crippen LogP contribution < -0.4 is 10.2 Å². The minimum absolute atomic E-state index is 0.0630. The van der Waals surface area contributed by atoms with Gasteiger partial charge in [-0.3, -0.25) is 14.4 Å². The molecule has 7 heteroatoms. The molecule has 2 heterocycles. The zero-order valence-electron chi connectivity index (χ0n) is 18.3. The summed E-state index contributed by atoms with van der Waals surface area (Å²) in [6.45, 7) is 8.19. The molecule has 1 N–H and O–H groups in total. The number of rotatable bonds is 6. The maximum absolute atomic E-state index is 13.1. The lowest BCUT2D eigenvalue weighted by Gasteiger charge is -2.38. The first kappa shape index (κ1) is 21.3. The molecule has 2 atom stereocenters. The number of aromatic nitrogens is 2. The number of anilines is 1. The molecular formula is C22H33N5O2. The Labute approximate surface area is 173 Å². The van der Waals surface area contributed by atoms with Gasteiger partial charge in [0, 0.05) is 50.7 Å². The minimum atomic E-state index is -0.127. The van der Waals surface area contributed by atoms with Crippen molar-refractivity contribution in [2.24, 2.45) is 7.05 Å². The van der Waals surface area contributed by atoms with E-state index >= 15 is 0 Å². The number of aryl methyl sites for hydroxylation is 2. The van der Waals surface area contributed by atoms with Crippen LogP contribution in [-0.4, -0.2) is 66.5 Å². The van der Waals surface area contributed by atoms with Gasteiger partial charge in [0.1, 0.15) is 0 Å². The molecule has 0 aliphatic carbocycles. The smallest absolute Gasteiger partial charge is 0.253 e. The van der Waals surface area contributed by atoms with Crippen molar-refractivity contribution in [3.63, 3.8) is 0 Å². The van der Waals surface area contributed by atoms with Crippen molar-refractivity contribution < 1.29 is 9.53 Å². The molecule has 0 bridgehead atoms. The van der Waals surface area contributed by atoms with Crippen LogP contribution in [0.5, 0.6) is 0 Å². The second-order valence-corrected chi connectivity index (χ2v) is 8.22. The van der Waals surface area contributed by atoms with E-state index in [1.165, 1.54) is 0 Å². The van der Waals surface area contributed by atoms with E-state index in [4.69, 9.17) is 4.74 Å². The van der Waals surface area contributed by atoms with E-state index in [9.17, 15) is 4.79 Å². The molecule has 158 valence electrons. The van der Waals surface area contributed by atoms with Crippen LogP contribution in [0.3, 0.4) is 0 Å². The molecular weight excluding hydrogens is 366 g/mol. The molecule has 0 spiro atoms. The molecule has 1 aliphatic heterocycles. The summed E-state index contributed by atoms with van der Waals surface area (Å²) in [5.74, 6) is -0.0713. The number of morpholine rings is 1. The normalized spacial score (nSPS) is 20.1. The summed E-state index contributed by atoms with van der Waals surface area (Å²) in [5, 5.41) is 7.41. The van der Waals surface area contributed by atoms with Gasteiger partial charge in [-0.1, -0.05) is 11.6 Å². The molecule has 1 fully saturated rings. The van der Waals surface area contributed by atoms with Crippen molar-refractivity contribution in [2.45, 2.75) is 39.0 Å². The van der Waals surface area contributed by atoms with E-state index in [-0.39, 0.29) is 18.1 Å². The molecule has 7 nitrogen and oxygen atoms in total. The fourth-order valence-corrected chi connectivity index (χ4v) is 3.80.